The Morgan fingerprint density at radius 2 is 1.53 bits per heavy atom. The third-order valence-corrected chi connectivity index (χ3v) is 4.39. The Labute approximate surface area is 193 Å². The van der Waals surface area contributed by atoms with E-state index < -0.39 is 5.41 Å². The molecule has 1 radical (unpaired) electrons. The van der Waals surface area contributed by atoms with Crippen LogP contribution in [-0.2, 0) is 24.9 Å². The minimum Gasteiger partial charge on any atom is -0.512 e. The third kappa shape index (κ3) is 7.51. The molecule has 0 saturated heterocycles. The van der Waals surface area contributed by atoms with Crippen LogP contribution in [0, 0.1) is 16.9 Å². The Hall–Kier alpha value is -2.29. The van der Waals surface area contributed by atoms with E-state index in [1.54, 1.807) is 0 Å². The van der Waals surface area contributed by atoms with Gasteiger partial charge in [-0.3, -0.25) is 4.79 Å². The number of allylic oxidation sites excluding steroid dienone is 2. The van der Waals surface area contributed by atoms with Gasteiger partial charge >= 0.3 is 0 Å². The minimum atomic E-state index is -0.417. The molecule has 0 aliphatic carbocycles. The molecular weight excluding hydrogens is 551 g/mol. The Morgan fingerprint density at radius 1 is 0.933 bits per heavy atom. The number of fused-ring (bicyclic) bond motifs is 1. The molecule has 1 N–H and O–H groups in total. The van der Waals surface area contributed by atoms with Crippen LogP contribution in [-0.4, -0.2) is 15.9 Å². The van der Waals surface area contributed by atoms with Gasteiger partial charge in [0.2, 0.25) is 0 Å². The van der Waals surface area contributed by atoms with E-state index >= 15 is 0 Å². The van der Waals surface area contributed by atoms with Crippen LogP contribution in [0.25, 0.3) is 22.0 Å². The number of aromatic nitrogens is 1. The number of carbonyl (C=O) groups is 1. The second-order valence-electron chi connectivity index (χ2n) is 9.09. The summed E-state index contributed by atoms with van der Waals surface area (Å²) in [6.07, 6.45) is 3.24. The van der Waals surface area contributed by atoms with Gasteiger partial charge in [0.15, 0.2) is 5.78 Å². The summed E-state index contributed by atoms with van der Waals surface area (Å²) in [4.78, 5) is 15.9. The second-order valence-corrected chi connectivity index (χ2v) is 9.09. The Morgan fingerprint density at radius 3 is 2.07 bits per heavy atom. The molecule has 3 rings (SSSR count). The predicted octanol–water partition coefficient (Wildman–Crippen LogP) is 6.79. The van der Waals surface area contributed by atoms with Crippen molar-refractivity contribution in [3.8, 4) is 11.3 Å². The normalized spacial score (nSPS) is 11.9. The van der Waals surface area contributed by atoms with E-state index in [0.29, 0.717) is 0 Å². The number of benzene rings is 2. The van der Waals surface area contributed by atoms with Gasteiger partial charge in [-0.1, -0.05) is 71.9 Å². The molecule has 3 aromatic rings. The fourth-order valence-corrected chi connectivity index (χ4v) is 2.34. The van der Waals surface area contributed by atoms with Gasteiger partial charge in [0.25, 0.3) is 0 Å². The minimum absolute atomic E-state index is 0. The van der Waals surface area contributed by atoms with Crippen molar-refractivity contribution in [2.45, 2.75) is 41.5 Å². The average molecular weight is 581 g/mol. The molecule has 0 aliphatic rings. The second kappa shape index (κ2) is 10.7. The number of pyridine rings is 1. The number of rotatable bonds is 2. The van der Waals surface area contributed by atoms with Crippen LogP contribution in [0.3, 0.4) is 0 Å². The third-order valence-electron chi connectivity index (χ3n) is 4.39. The first-order chi connectivity index (χ1) is 13.5. The first-order valence-corrected chi connectivity index (χ1v) is 9.76. The monoisotopic (exact) mass is 581 g/mol. The maximum absolute atomic E-state index is 11.5. The quantitative estimate of drug-likeness (QED) is 0.206. The van der Waals surface area contributed by atoms with E-state index in [2.05, 4.69) is 29.2 Å². The number of aliphatic hydroxyl groups excluding tert-OH is 1. The van der Waals surface area contributed by atoms with Crippen molar-refractivity contribution in [1.29, 1.82) is 0 Å². The van der Waals surface area contributed by atoms with Gasteiger partial charge in [0, 0.05) is 43.2 Å². The topological polar surface area (TPSA) is 50.2 Å². The molecule has 0 saturated carbocycles. The van der Waals surface area contributed by atoms with Crippen LogP contribution in [0.2, 0.25) is 0 Å². The van der Waals surface area contributed by atoms with Crippen LogP contribution >= 0.6 is 0 Å². The van der Waals surface area contributed by atoms with Crippen molar-refractivity contribution in [1.82, 2.24) is 4.98 Å². The van der Waals surface area contributed by atoms with Crippen LogP contribution in [0.4, 0.5) is 0 Å². The van der Waals surface area contributed by atoms with Crippen LogP contribution in [0.5, 0.6) is 0 Å². The number of nitrogens with zero attached hydrogens (tertiary/aromatic N) is 1. The largest absolute Gasteiger partial charge is 0.512 e. The maximum atomic E-state index is 11.5. The van der Waals surface area contributed by atoms with E-state index in [1.807, 2.05) is 84.1 Å². The summed E-state index contributed by atoms with van der Waals surface area (Å²) in [5, 5.41) is 11.9. The van der Waals surface area contributed by atoms with Crippen molar-refractivity contribution in [3.05, 3.63) is 78.7 Å². The number of ketones is 1. The molecule has 3 nitrogen and oxygen atoms in total. The molecule has 0 aliphatic heterocycles. The van der Waals surface area contributed by atoms with Crippen molar-refractivity contribution in [3.63, 3.8) is 0 Å². The summed E-state index contributed by atoms with van der Waals surface area (Å²) in [7, 11) is 0. The predicted molar refractivity (Wildman–Crippen MR) is 121 cm³/mol. The number of carbonyl (C=O) groups excluding carboxylic acids is 1. The van der Waals surface area contributed by atoms with E-state index in [9.17, 15) is 9.90 Å². The molecule has 0 spiro atoms. The average Bonchev–Trinajstić information content (AvgIpc) is 2.67. The molecule has 1 heterocycles. The first-order valence-electron chi connectivity index (χ1n) is 9.76. The standard InChI is InChI=1S/C15H10N.C11H20O2.Ir/c1-2-6-12(7-3-1)15-10-13-8-4-5-9-14(13)11-16-15;1-10(2,3)8(12)7-9(13)11(4,5)6;/h1-6,8-11H;7,12H,1-6H3;/q-1;;/b;8-7-;. The molecule has 0 amide bonds. The van der Waals surface area contributed by atoms with Crippen molar-refractivity contribution in [2.24, 2.45) is 10.8 Å². The van der Waals surface area contributed by atoms with Gasteiger partial charge in [-0.25, -0.2) is 0 Å². The molecule has 4 heteroatoms. The van der Waals surface area contributed by atoms with Crippen molar-refractivity contribution >= 4 is 16.6 Å². The summed E-state index contributed by atoms with van der Waals surface area (Å²) in [5.41, 5.74) is 1.24. The SMILES string of the molecule is CC(C)(C)C(=O)/C=C(\O)C(C)(C)C.[Ir].[c-]1ccccc1-c1cc2ccccc2cn1. The zero-order valence-corrected chi connectivity index (χ0v) is 20.9. The molecule has 2 aromatic carbocycles. The molecule has 0 atom stereocenters. The van der Waals surface area contributed by atoms with Crippen LogP contribution < -0.4 is 0 Å². The van der Waals surface area contributed by atoms with Gasteiger partial charge in [0.05, 0.1) is 0 Å². The van der Waals surface area contributed by atoms with Crippen LogP contribution in [0.1, 0.15) is 41.5 Å². The molecule has 0 unspecified atom stereocenters. The fourth-order valence-electron chi connectivity index (χ4n) is 2.34. The Balaban J connectivity index is 0.000000299. The Bertz CT molecular complexity index is 997. The van der Waals surface area contributed by atoms with E-state index in [1.165, 1.54) is 16.8 Å². The summed E-state index contributed by atoms with van der Waals surface area (Å²) in [6.45, 7) is 11.1. The van der Waals surface area contributed by atoms with Gasteiger partial charge in [-0.2, -0.15) is 0 Å². The van der Waals surface area contributed by atoms with Crippen LogP contribution in [0.15, 0.2) is 72.6 Å². The number of hydrogen-bond acceptors (Lipinski definition) is 3. The summed E-state index contributed by atoms with van der Waals surface area (Å²) in [6, 6.07) is 21.4. The maximum Gasteiger partial charge on any atom is 0.164 e. The summed E-state index contributed by atoms with van der Waals surface area (Å²) < 4.78 is 0. The zero-order chi connectivity index (χ0) is 21.7. The van der Waals surface area contributed by atoms with Crippen molar-refractivity contribution in [2.75, 3.05) is 0 Å². The molecule has 161 valence electrons. The number of aliphatic hydroxyl groups is 1. The molecule has 0 bridgehead atoms. The molecular formula is C26H30IrNO2-. The van der Waals surface area contributed by atoms with E-state index in [0.717, 1.165) is 11.3 Å². The zero-order valence-electron chi connectivity index (χ0n) is 18.5. The summed E-state index contributed by atoms with van der Waals surface area (Å²) in [5.74, 6) is 0.104. The van der Waals surface area contributed by atoms with E-state index in [-0.39, 0.29) is 37.1 Å². The Kier molecular flexibility index (Phi) is 9.14. The number of hydrogen-bond donors (Lipinski definition) is 1. The van der Waals surface area contributed by atoms with Gasteiger partial charge in [-0.05, 0) is 16.5 Å². The van der Waals surface area contributed by atoms with Gasteiger partial charge in [0.1, 0.15) is 5.76 Å². The smallest absolute Gasteiger partial charge is 0.164 e. The van der Waals surface area contributed by atoms with Crippen molar-refractivity contribution < 1.29 is 30.0 Å². The first kappa shape index (κ1) is 25.7. The molecule has 1 aromatic heterocycles. The van der Waals surface area contributed by atoms with E-state index in [4.69, 9.17) is 0 Å². The fraction of sp³-hybridized carbons (Fsp3) is 0.308. The summed E-state index contributed by atoms with van der Waals surface area (Å²) >= 11 is 0. The molecule has 0 fully saturated rings. The van der Waals surface area contributed by atoms with Gasteiger partial charge < -0.3 is 10.1 Å². The molecule has 30 heavy (non-hydrogen) atoms. The van der Waals surface area contributed by atoms with Gasteiger partial charge in [-0.15, -0.1) is 35.9 Å².